The number of thiol groups is 1. The highest BCUT2D eigenvalue weighted by Crippen LogP contribution is 2.32. The van der Waals surface area contributed by atoms with Crippen molar-refractivity contribution in [1.29, 1.82) is 0 Å². The van der Waals surface area contributed by atoms with Crippen LogP contribution < -0.4 is 0 Å². The van der Waals surface area contributed by atoms with Crippen LogP contribution >= 0.6 is 24.0 Å². The molecule has 2 nitrogen and oxygen atoms in total. The van der Waals surface area contributed by atoms with Gasteiger partial charge in [-0.05, 0) is 18.2 Å². The van der Waals surface area contributed by atoms with Crippen LogP contribution in [0.1, 0.15) is 9.67 Å². The number of aromatic carboxylic acids is 1. The molecular formula is C9H5FO2S2. The Hall–Kier alpha value is -1.07. The average molecular weight is 228 g/mol. The fourth-order valence-electron chi connectivity index (χ4n) is 1.18. The zero-order valence-electron chi connectivity index (χ0n) is 6.82. The number of benzene rings is 1. The van der Waals surface area contributed by atoms with Gasteiger partial charge in [0.05, 0.1) is 4.70 Å². The summed E-state index contributed by atoms with van der Waals surface area (Å²) in [6.45, 7) is 0. The van der Waals surface area contributed by atoms with E-state index in [1.165, 1.54) is 18.2 Å². The van der Waals surface area contributed by atoms with Gasteiger partial charge in [-0.15, -0.1) is 24.0 Å². The predicted octanol–water partition coefficient (Wildman–Crippen LogP) is 3.03. The first-order chi connectivity index (χ1) is 6.59. The Bertz CT molecular complexity index is 480. The van der Waals surface area contributed by atoms with Gasteiger partial charge >= 0.3 is 5.97 Å². The summed E-state index contributed by atoms with van der Waals surface area (Å²) < 4.78 is 13.6. The van der Waals surface area contributed by atoms with Gasteiger partial charge in [0, 0.05) is 10.3 Å². The molecule has 1 aromatic carbocycles. The Kier molecular flexibility index (Phi) is 2.20. The van der Waals surface area contributed by atoms with E-state index in [0.29, 0.717) is 15.0 Å². The van der Waals surface area contributed by atoms with Crippen molar-refractivity contribution >= 4 is 40.0 Å². The molecule has 0 amide bonds. The highest BCUT2D eigenvalue weighted by molar-refractivity contribution is 7.80. The van der Waals surface area contributed by atoms with Crippen molar-refractivity contribution in [1.82, 2.24) is 0 Å². The van der Waals surface area contributed by atoms with E-state index >= 15 is 0 Å². The Labute approximate surface area is 88.4 Å². The lowest BCUT2D eigenvalue weighted by atomic mass is 10.2. The van der Waals surface area contributed by atoms with E-state index in [1.807, 2.05) is 0 Å². The molecule has 0 aliphatic rings. The zero-order chi connectivity index (χ0) is 10.3. The van der Waals surface area contributed by atoms with Crippen LogP contribution in [0.25, 0.3) is 10.1 Å². The quantitative estimate of drug-likeness (QED) is 0.736. The first-order valence-corrected chi connectivity index (χ1v) is 5.00. The van der Waals surface area contributed by atoms with Gasteiger partial charge in [0.2, 0.25) is 0 Å². The van der Waals surface area contributed by atoms with Crippen molar-refractivity contribution in [3.8, 4) is 0 Å². The van der Waals surface area contributed by atoms with Gasteiger partial charge in [0.25, 0.3) is 0 Å². The van der Waals surface area contributed by atoms with Gasteiger partial charge in [-0.2, -0.15) is 0 Å². The van der Waals surface area contributed by atoms with E-state index in [0.717, 1.165) is 11.3 Å². The van der Waals surface area contributed by atoms with Crippen molar-refractivity contribution in [2.75, 3.05) is 0 Å². The van der Waals surface area contributed by atoms with E-state index in [4.69, 9.17) is 5.11 Å². The summed E-state index contributed by atoms with van der Waals surface area (Å²) in [5.74, 6) is -1.45. The summed E-state index contributed by atoms with van der Waals surface area (Å²) in [6, 6.07) is 4.24. The molecule has 0 spiro atoms. The van der Waals surface area contributed by atoms with Gasteiger partial charge < -0.3 is 5.11 Å². The number of hydrogen-bond donors (Lipinski definition) is 2. The van der Waals surface area contributed by atoms with E-state index in [-0.39, 0.29) is 4.88 Å². The maximum Gasteiger partial charge on any atom is 0.345 e. The van der Waals surface area contributed by atoms with E-state index in [9.17, 15) is 9.18 Å². The molecular weight excluding hydrogens is 223 g/mol. The molecule has 0 saturated heterocycles. The fraction of sp³-hybridized carbons (Fsp3) is 0. The van der Waals surface area contributed by atoms with Crippen LogP contribution in [0.2, 0.25) is 0 Å². The lowest BCUT2D eigenvalue weighted by Crippen LogP contribution is -1.89. The molecule has 0 atom stereocenters. The first-order valence-electron chi connectivity index (χ1n) is 3.74. The van der Waals surface area contributed by atoms with Crippen LogP contribution in [0, 0.1) is 5.82 Å². The Morgan fingerprint density at radius 1 is 1.50 bits per heavy atom. The molecule has 1 heterocycles. The number of carboxylic acid groups (broad SMARTS) is 1. The second-order valence-electron chi connectivity index (χ2n) is 2.73. The Morgan fingerprint density at radius 3 is 2.79 bits per heavy atom. The number of thiophene rings is 1. The van der Waals surface area contributed by atoms with Crippen LogP contribution in [0.5, 0.6) is 0 Å². The topological polar surface area (TPSA) is 37.3 Å². The minimum Gasteiger partial charge on any atom is -0.477 e. The molecule has 0 aliphatic heterocycles. The average Bonchev–Trinajstić information content (AvgIpc) is 2.57. The molecule has 0 radical (unpaired) electrons. The molecule has 72 valence electrons. The van der Waals surface area contributed by atoms with Gasteiger partial charge in [0.15, 0.2) is 0 Å². The zero-order valence-corrected chi connectivity index (χ0v) is 8.53. The third kappa shape index (κ3) is 1.38. The fourth-order valence-corrected chi connectivity index (χ4v) is 2.44. The van der Waals surface area contributed by atoms with Crippen LogP contribution in [-0.4, -0.2) is 11.1 Å². The largest absolute Gasteiger partial charge is 0.477 e. The molecule has 2 rings (SSSR count). The van der Waals surface area contributed by atoms with Crippen LogP contribution in [0.15, 0.2) is 23.1 Å². The summed E-state index contributed by atoms with van der Waals surface area (Å²) in [5.41, 5.74) is 0. The monoisotopic (exact) mass is 228 g/mol. The first kappa shape index (κ1) is 9.48. The summed E-state index contributed by atoms with van der Waals surface area (Å²) in [7, 11) is 0. The number of halogens is 1. The number of fused-ring (bicyclic) bond motifs is 1. The SMILES string of the molecule is O=C(O)c1cc2c(S)ccc(F)c2s1. The van der Waals surface area contributed by atoms with Crippen molar-refractivity contribution in [2.45, 2.75) is 4.90 Å². The van der Waals surface area contributed by atoms with Crippen molar-refractivity contribution < 1.29 is 14.3 Å². The predicted molar refractivity (Wildman–Crippen MR) is 56.0 cm³/mol. The number of hydrogen-bond acceptors (Lipinski definition) is 3. The number of carboxylic acids is 1. The molecule has 0 unspecified atom stereocenters. The third-order valence-electron chi connectivity index (χ3n) is 1.82. The van der Waals surface area contributed by atoms with Gasteiger partial charge in [-0.3, -0.25) is 0 Å². The molecule has 0 bridgehead atoms. The van der Waals surface area contributed by atoms with Crippen LogP contribution in [0.4, 0.5) is 4.39 Å². The van der Waals surface area contributed by atoms with E-state index < -0.39 is 11.8 Å². The third-order valence-corrected chi connectivity index (χ3v) is 3.34. The second kappa shape index (κ2) is 3.25. The maximum atomic E-state index is 13.2. The van der Waals surface area contributed by atoms with Crippen LogP contribution in [0.3, 0.4) is 0 Å². The van der Waals surface area contributed by atoms with Gasteiger partial charge in [0.1, 0.15) is 10.7 Å². The Balaban J connectivity index is 2.82. The summed E-state index contributed by atoms with van der Waals surface area (Å²) in [6.07, 6.45) is 0. The number of carbonyl (C=O) groups is 1. The molecule has 1 N–H and O–H groups in total. The highest BCUT2D eigenvalue weighted by Gasteiger charge is 2.12. The summed E-state index contributed by atoms with van der Waals surface area (Å²) in [5, 5.41) is 9.28. The highest BCUT2D eigenvalue weighted by atomic mass is 32.1. The minimum absolute atomic E-state index is 0.125. The summed E-state index contributed by atoms with van der Waals surface area (Å²) in [4.78, 5) is 11.4. The second-order valence-corrected chi connectivity index (χ2v) is 4.26. The standard InChI is InChI=1S/C9H5FO2S2/c10-5-1-2-6(13)4-3-7(9(11)12)14-8(4)5/h1-3,13H,(H,11,12). The summed E-state index contributed by atoms with van der Waals surface area (Å²) >= 11 is 5.05. The maximum absolute atomic E-state index is 13.2. The van der Waals surface area contributed by atoms with Crippen molar-refractivity contribution in [3.63, 3.8) is 0 Å². The molecule has 0 fully saturated rings. The molecule has 1 aromatic heterocycles. The smallest absolute Gasteiger partial charge is 0.345 e. The van der Waals surface area contributed by atoms with Gasteiger partial charge in [-0.1, -0.05) is 0 Å². The van der Waals surface area contributed by atoms with E-state index in [2.05, 4.69) is 12.6 Å². The van der Waals surface area contributed by atoms with Crippen molar-refractivity contribution in [2.24, 2.45) is 0 Å². The molecule has 14 heavy (non-hydrogen) atoms. The lowest BCUT2D eigenvalue weighted by Gasteiger charge is -1.94. The molecule has 2 aromatic rings. The Morgan fingerprint density at radius 2 is 2.21 bits per heavy atom. The lowest BCUT2D eigenvalue weighted by molar-refractivity contribution is 0.0702. The van der Waals surface area contributed by atoms with E-state index in [1.54, 1.807) is 0 Å². The molecule has 0 saturated carbocycles. The molecule has 0 aliphatic carbocycles. The number of rotatable bonds is 1. The van der Waals surface area contributed by atoms with Gasteiger partial charge in [-0.25, -0.2) is 9.18 Å². The molecule has 5 heteroatoms. The minimum atomic E-state index is -1.04. The van der Waals surface area contributed by atoms with Crippen LogP contribution in [-0.2, 0) is 0 Å². The normalized spacial score (nSPS) is 10.7. The van der Waals surface area contributed by atoms with Crippen molar-refractivity contribution in [3.05, 3.63) is 28.9 Å².